The maximum absolute atomic E-state index is 12.3. The van der Waals surface area contributed by atoms with E-state index < -0.39 is 28.9 Å². The Balaban J connectivity index is 2.88. The van der Waals surface area contributed by atoms with Crippen LogP contribution in [0.1, 0.15) is 26.3 Å². The number of rotatable bonds is 7. The predicted molar refractivity (Wildman–Crippen MR) is 82.9 cm³/mol. The van der Waals surface area contributed by atoms with Crippen LogP contribution in [0.2, 0.25) is 15.8 Å². The van der Waals surface area contributed by atoms with Gasteiger partial charge in [0.15, 0.2) is 0 Å². The Morgan fingerprint density at radius 1 is 1.00 bits per heavy atom. The quantitative estimate of drug-likeness (QED) is 0.385. The minimum atomic E-state index is -5.60. The molecule has 0 saturated heterocycles. The fourth-order valence-electron chi connectivity index (χ4n) is 2.39. The summed E-state index contributed by atoms with van der Waals surface area (Å²) in [5.41, 5.74) is -4.38. The van der Waals surface area contributed by atoms with Crippen LogP contribution in [0.3, 0.4) is 0 Å². The van der Waals surface area contributed by atoms with E-state index in [2.05, 4.69) is 25.0 Å². The molecule has 0 bridgehead atoms. The predicted octanol–water partition coefficient (Wildman–Crippen LogP) is 4.51. The van der Waals surface area contributed by atoms with Gasteiger partial charge in [-0.3, -0.25) is 0 Å². The standard InChI is InChI=1S/C14H21F3GeO3S/c1-4-18(5-2,6-3)11-12-7-9-13(10-8-12)21-22(19,20)14(15,16)17/h7-10H,4-6,11H2,1-3H3. The molecule has 1 aromatic carbocycles. The zero-order valence-electron chi connectivity index (χ0n) is 12.9. The van der Waals surface area contributed by atoms with Crippen LogP contribution in [-0.4, -0.2) is 27.2 Å². The van der Waals surface area contributed by atoms with E-state index in [9.17, 15) is 21.6 Å². The Morgan fingerprint density at radius 3 is 1.82 bits per heavy atom. The Kier molecular flexibility index (Phi) is 6.38. The first kappa shape index (κ1) is 19.3. The zero-order chi connectivity index (χ0) is 17.0. The van der Waals surface area contributed by atoms with Crippen molar-refractivity contribution < 1.29 is 25.8 Å². The number of hydrogen-bond donors (Lipinski definition) is 0. The molecule has 0 fully saturated rings. The van der Waals surface area contributed by atoms with Crippen LogP contribution < -0.4 is 4.18 Å². The second kappa shape index (κ2) is 7.25. The molecule has 0 amide bonds. The molecular formula is C14H21F3GeO3S. The summed E-state index contributed by atoms with van der Waals surface area (Å²) in [4.78, 5) is 0. The molecule has 0 aliphatic heterocycles. The van der Waals surface area contributed by atoms with E-state index in [1.54, 1.807) is 12.1 Å². The molecule has 22 heavy (non-hydrogen) atoms. The summed E-state index contributed by atoms with van der Waals surface area (Å²) in [5, 5.41) is 4.55. The summed E-state index contributed by atoms with van der Waals surface area (Å²) in [7, 11) is -5.60. The van der Waals surface area contributed by atoms with Crippen molar-refractivity contribution in [2.45, 2.75) is 47.3 Å². The maximum atomic E-state index is 12.3. The van der Waals surface area contributed by atoms with Gasteiger partial charge in [0.1, 0.15) is 0 Å². The van der Waals surface area contributed by atoms with Crippen LogP contribution in [-0.2, 0) is 15.4 Å². The van der Waals surface area contributed by atoms with Crippen LogP contribution in [0.5, 0.6) is 5.75 Å². The van der Waals surface area contributed by atoms with Gasteiger partial charge in [0, 0.05) is 0 Å². The molecule has 8 heteroatoms. The van der Waals surface area contributed by atoms with Gasteiger partial charge in [-0.1, -0.05) is 0 Å². The third kappa shape index (κ3) is 4.65. The summed E-state index contributed by atoms with van der Waals surface area (Å²) >= 11 is -1.93. The fraction of sp³-hybridized carbons (Fsp3) is 0.571. The summed E-state index contributed by atoms with van der Waals surface area (Å²) in [6, 6.07) is 5.88. The first-order chi connectivity index (χ1) is 10.1. The van der Waals surface area contributed by atoms with Gasteiger partial charge < -0.3 is 0 Å². The topological polar surface area (TPSA) is 43.4 Å². The average molecular weight is 399 g/mol. The molecule has 3 nitrogen and oxygen atoms in total. The van der Waals surface area contributed by atoms with Crippen molar-refractivity contribution in [2.24, 2.45) is 0 Å². The molecule has 1 aromatic rings. The first-order valence-electron chi connectivity index (χ1n) is 7.19. The van der Waals surface area contributed by atoms with Gasteiger partial charge >= 0.3 is 132 Å². The number of alkyl halides is 3. The minimum absolute atomic E-state index is 0.316. The molecule has 0 saturated carbocycles. The Hall–Kier alpha value is -0.697. The van der Waals surface area contributed by atoms with Crippen molar-refractivity contribution >= 4 is 23.4 Å². The van der Waals surface area contributed by atoms with Gasteiger partial charge in [-0.05, 0) is 0 Å². The Labute approximate surface area is 132 Å². The van der Waals surface area contributed by atoms with E-state index in [0.717, 1.165) is 10.8 Å². The van der Waals surface area contributed by atoms with Crippen molar-refractivity contribution in [3.8, 4) is 5.75 Å². The molecule has 0 atom stereocenters. The van der Waals surface area contributed by atoms with Crippen molar-refractivity contribution in [2.75, 3.05) is 0 Å². The summed E-state index contributed by atoms with van der Waals surface area (Å²) in [5.74, 6) is -0.316. The molecular weight excluding hydrogens is 378 g/mol. The van der Waals surface area contributed by atoms with E-state index in [0.29, 0.717) is 0 Å². The van der Waals surface area contributed by atoms with Crippen LogP contribution in [0.25, 0.3) is 0 Å². The molecule has 0 heterocycles. The molecule has 126 valence electrons. The molecule has 0 unspecified atom stereocenters. The van der Waals surface area contributed by atoms with Crippen LogP contribution in [0, 0.1) is 0 Å². The Bertz CT molecular complexity index is 570. The summed E-state index contributed by atoms with van der Waals surface area (Å²) in [6.45, 7) is 6.58. The van der Waals surface area contributed by atoms with Crippen molar-refractivity contribution in [3.63, 3.8) is 0 Å². The van der Waals surface area contributed by atoms with E-state index in [1.807, 2.05) is 0 Å². The Morgan fingerprint density at radius 2 is 1.45 bits per heavy atom. The van der Waals surface area contributed by atoms with Crippen molar-refractivity contribution in [1.82, 2.24) is 0 Å². The van der Waals surface area contributed by atoms with Gasteiger partial charge in [-0.25, -0.2) is 0 Å². The van der Waals surface area contributed by atoms with E-state index in [-0.39, 0.29) is 5.75 Å². The molecule has 0 aromatic heterocycles. The monoisotopic (exact) mass is 400 g/mol. The number of benzene rings is 1. The third-order valence-corrected chi connectivity index (χ3v) is 17.1. The van der Waals surface area contributed by atoms with Gasteiger partial charge in [0.2, 0.25) is 0 Å². The van der Waals surface area contributed by atoms with Crippen LogP contribution in [0.15, 0.2) is 24.3 Å². The van der Waals surface area contributed by atoms with Gasteiger partial charge in [-0.2, -0.15) is 0 Å². The van der Waals surface area contributed by atoms with Crippen LogP contribution >= 0.6 is 0 Å². The third-order valence-electron chi connectivity index (χ3n) is 4.24. The second-order valence-corrected chi connectivity index (χ2v) is 18.4. The first-order valence-corrected chi connectivity index (χ1v) is 14.5. The number of hydrogen-bond acceptors (Lipinski definition) is 3. The SMILES string of the molecule is C[CH2][Ge]([CH2]C)([CH2]C)[CH2]c1ccc(OS(=O)(=O)C(F)(F)F)cc1. The number of halogens is 3. The molecule has 0 spiro atoms. The molecule has 0 N–H and O–H groups in total. The molecule has 0 aliphatic carbocycles. The fourth-order valence-corrected chi connectivity index (χ4v) is 9.89. The van der Waals surface area contributed by atoms with Gasteiger partial charge in [-0.15, -0.1) is 0 Å². The van der Waals surface area contributed by atoms with Crippen molar-refractivity contribution in [3.05, 3.63) is 29.8 Å². The summed E-state index contributed by atoms with van der Waals surface area (Å²) in [6.07, 6.45) is 0. The summed E-state index contributed by atoms with van der Waals surface area (Å²) < 4.78 is 62.7. The van der Waals surface area contributed by atoms with Gasteiger partial charge in [0.05, 0.1) is 0 Å². The molecule has 1 rings (SSSR count). The van der Waals surface area contributed by atoms with E-state index in [1.165, 1.54) is 27.9 Å². The normalized spacial score (nSPS) is 13.2. The zero-order valence-corrected chi connectivity index (χ0v) is 15.8. The van der Waals surface area contributed by atoms with Gasteiger partial charge in [0.25, 0.3) is 0 Å². The average Bonchev–Trinajstić information content (AvgIpc) is 2.45. The van der Waals surface area contributed by atoms with Crippen LogP contribution in [0.4, 0.5) is 13.2 Å². The van der Waals surface area contributed by atoms with Crippen molar-refractivity contribution in [1.29, 1.82) is 0 Å². The van der Waals surface area contributed by atoms with E-state index in [4.69, 9.17) is 0 Å². The van der Waals surface area contributed by atoms with E-state index >= 15 is 0 Å². The second-order valence-electron chi connectivity index (χ2n) is 5.36. The molecule has 0 radical (unpaired) electrons. The molecule has 0 aliphatic rings.